The van der Waals surface area contributed by atoms with E-state index < -0.39 is 16.9 Å². The molecule has 0 aromatic rings. The standard InChI is InChI=1S/C24H43O5P3.C24H40O4P2.2W/c1-8-16(2)11-12-20-24(7,27-20)14-9-10-17(3)21(29-32-31)18(4)22(26)23(5,6)19(28-30)13-15-25;1-8-17(2)12-13-20-24(7,27-20)15-9-11-18(3)21(28-30-29)19(4)22(26)23(5,6)14-10-16-25;;/h8,11,17-21,32H,9-10,12-14,30-31H2,1-7H3;8,10,12,14,18-21,30H,9,11,13,15,29H2,1-7H3;;/q2*-2;2*+2/b16-8+;14-10+,17-8+;;. The quantitative estimate of drug-likeness (QED) is 0.0280. The molecule has 64 heavy (non-hydrogen) atoms. The van der Waals surface area contributed by atoms with Gasteiger partial charge in [-0.05, 0) is 63.1 Å². The molecular formula is C48H83O9P5W2. The molecule has 16 heteroatoms. The number of Topliss-reactive ketones (excluding diaryl/α,β-unsaturated/α-hetero) is 2. The van der Waals surface area contributed by atoms with Crippen LogP contribution in [0.2, 0.25) is 0 Å². The van der Waals surface area contributed by atoms with Crippen LogP contribution < -0.4 is 0 Å². The smallest absolute Gasteiger partial charge is 0.542 e. The average molecular weight is 1330 g/mol. The summed E-state index contributed by atoms with van der Waals surface area (Å²) >= 11 is 0. The molecule has 0 aromatic heterocycles. The van der Waals surface area contributed by atoms with Crippen molar-refractivity contribution in [1.82, 2.24) is 0 Å². The molecular weight excluding hydrogens is 1240 g/mol. The summed E-state index contributed by atoms with van der Waals surface area (Å²) in [7, 11) is 7.88. The van der Waals surface area contributed by atoms with Gasteiger partial charge in [-0.1, -0.05) is 113 Å². The molecule has 0 amide bonds. The second-order valence-corrected chi connectivity index (χ2v) is 21.7. The number of rotatable bonds is 32. The largest absolute Gasteiger partial charge is 2.00 e. The van der Waals surface area contributed by atoms with Crippen LogP contribution >= 0.6 is 44.3 Å². The van der Waals surface area contributed by atoms with Gasteiger partial charge in [0.05, 0.1) is 35.6 Å². The number of allylic oxidation sites excluding steroid dienone is 6. The molecule has 9 nitrogen and oxygen atoms in total. The Balaban J connectivity index is 0. The fourth-order valence-electron chi connectivity index (χ4n) is 8.40. The molecule has 2 aliphatic heterocycles. The third-order valence-electron chi connectivity index (χ3n) is 13.4. The number of carbonyl (C=O) groups excluding carboxylic acids is 4. The Bertz CT molecular complexity index is 1500. The van der Waals surface area contributed by atoms with E-state index in [9.17, 15) is 19.2 Å². The van der Waals surface area contributed by atoms with Crippen LogP contribution in [0.15, 0.2) is 35.5 Å². The van der Waals surface area contributed by atoms with E-state index in [1.807, 2.05) is 47.8 Å². The van der Waals surface area contributed by atoms with E-state index in [1.54, 1.807) is 12.4 Å². The van der Waals surface area contributed by atoms with Crippen molar-refractivity contribution in [3.63, 3.8) is 0 Å². The Morgan fingerprint density at radius 2 is 1.19 bits per heavy atom. The van der Waals surface area contributed by atoms with Crippen LogP contribution in [0, 0.1) is 47.3 Å². The third-order valence-corrected chi connectivity index (χ3v) is 15.3. The predicted molar refractivity (Wildman–Crippen MR) is 271 cm³/mol. The first-order valence-electron chi connectivity index (χ1n) is 22.3. The van der Waals surface area contributed by atoms with Gasteiger partial charge in [0.1, 0.15) is 11.6 Å². The van der Waals surface area contributed by atoms with Gasteiger partial charge in [-0.3, -0.25) is 11.1 Å². The zero-order chi connectivity index (χ0) is 47.5. The molecule has 0 saturated carbocycles. The van der Waals surface area contributed by atoms with Crippen molar-refractivity contribution in [3.05, 3.63) is 48.3 Å². The van der Waals surface area contributed by atoms with E-state index >= 15 is 0 Å². The molecule has 16 atom stereocenters. The summed E-state index contributed by atoms with van der Waals surface area (Å²) in [6.45, 7) is 28.3. The van der Waals surface area contributed by atoms with Crippen LogP contribution in [-0.2, 0) is 84.4 Å². The fourth-order valence-corrected chi connectivity index (χ4v) is 11.0. The summed E-state index contributed by atoms with van der Waals surface area (Å²) in [6.07, 6.45) is 23.0. The van der Waals surface area contributed by atoms with E-state index in [4.69, 9.17) is 23.0 Å². The molecule has 2 rings (SSSR count). The molecule has 2 aliphatic rings. The van der Waals surface area contributed by atoms with Crippen LogP contribution in [0.1, 0.15) is 155 Å². The predicted octanol–water partition coefficient (Wildman–Crippen LogP) is 12.4. The maximum atomic E-state index is 13.4. The van der Waals surface area contributed by atoms with Crippen molar-refractivity contribution in [1.29, 1.82) is 0 Å². The van der Waals surface area contributed by atoms with E-state index in [2.05, 4.69) is 108 Å². The number of epoxide rings is 2. The minimum Gasteiger partial charge on any atom is -0.542 e. The van der Waals surface area contributed by atoms with Crippen LogP contribution in [0.5, 0.6) is 0 Å². The van der Waals surface area contributed by atoms with Crippen molar-refractivity contribution in [2.45, 2.75) is 196 Å². The van der Waals surface area contributed by atoms with E-state index in [-0.39, 0.29) is 124 Å². The molecule has 16 unspecified atom stereocenters. The van der Waals surface area contributed by atoms with Gasteiger partial charge in [0.2, 0.25) is 0 Å². The first-order valence-corrected chi connectivity index (χ1v) is 28.3. The second kappa shape index (κ2) is 32.8. The van der Waals surface area contributed by atoms with Crippen molar-refractivity contribution < 1.29 is 84.4 Å². The van der Waals surface area contributed by atoms with Gasteiger partial charge < -0.3 is 37.4 Å². The number of ketones is 2. The Morgan fingerprint density at radius 1 is 0.781 bits per heavy atom. The Kier molecular flexibility index (Phi) is 34.3. The van der Waals surface area contributed by atoms with Gasteiger partial charge in [0.25, 0.3) is 0 Å². The summed E-state index contributed by atoms with van der Waals surface area (Å²) < 4.78 is 29.4. The summed E-state index contributed by atoms with van der Waals surface area (Å²) in [6, 6.07) is 0. The van der Waals surface area contributed by atoms with E-state index in [0.717, 1.165) is 51.4 Å². The zero-order valence-electron chi connectivity index (χ0n) is 41.2. The van der Waals surface area contributed by atoms with Crippen molar-refractivity contribution in [2.24, 2.45) is 34.5 Å². The maximum Gasteiger partial charge on any atom is 2.00 e. The Morgan fingerprint density at radius 3 is 1.53 bits per heavy atom. The van der Waals surface area contributed by atoms with E-state index in [1.165, 1.54) is 17.2 Å². The van der Waals surface area contributed by atoms with Crippen LogP contribution in [0.25, 0.3) is 0 Å². The van der Waals surface area contributed by atoms with Gasteiger partial charge >= 0.3 is 42.1 Å². The monoisotopic (exact) mass is 1330 g/mol. The van der Waals surface area contributed by atoms with Gasteiger partial charge in [-0.2, -0.15) is 6.08 Å². The van der Waals surface area contributed by atoms with Crippen molar-refractivity contribution in [2.75, 3.05) is 0 Å². The van der Waals surface area contributed by atoms with Gasteiger partial charge in [-0.15, -0.1) is 20.3 Å². The maximum absolute atomic E-state index is 13.4. The molecule has 0 radical (unpaired) electrons. The van der Waals surface area contributed by atoms with Crippen molar-refractivity contribution >= 4 is 68.5 Å². The molecule has 366 valence electrons. The fraction of sp³-hybridized carbons (Fsp3) is 0.750. The van der Waals surface area contributed by atoms with Crippen LogP contribution in [-0.4, -0.2) is 65.9 Å². The summed E-state index contributed by atoms with van der Waals surface area (Å²) in [5.41, 5.74) is 0.989. The number of hydrogen-bond donors (Lipinski definition) is 0. The molecule has 0 spiro atoms. The Hall–Kier alpha value is 0.967. The van der Waals surface area contributed by atoms with Gasteiger partial charge in [0, 0.05) is 49.8 Å². The first kappa shape index (κ1) is 67.0. The van der Waals surface area contributed by atoms with Gasteiger partial charge in [-0.25, -0.2) is 42.2 Å². The van der Waals surface area contributed by atoms with Crippen molar-refractivity contribution in [3.8, 4) is 0 Å². The number of ether oxygens (including phenoxy) is 2. The number of carbonyl (C=O) groups is 2. The molecule has 2 heterocycles. The second-order valence-electron chi connectivity index (χ2n) is 19.1. The minimum absolute atomic E-state index is 0. The summed E-state index contributed by atoms with van der Waals surface area (Å²) in [5.74, 6) is 0.0595. The van der Waals surface area contributed by atoms with Crippen LogP contribution in [0.3, 0.4) is 0 Å². The molecule has 0 bridgehead atoms. The minimum atomic E-state index is -0.811. The molecule has 2 saturated heterocycles. The molecule has 2 fully saturated rings. The topological polar surface area (TPSA) is 121 Å². The van der Waals surface area contributed by atoms with E-state index in [0.29, 0.717) is 12.2 Å². The SMILES string of the molecule is C/C=C(\C)[CH-]CC1OC1(C)CCCC(C)C(OPP)C(C)C(=O)C(C)(C)/C=C/[C-]=O.C/C=C(\C)[CH-]CC1OC1(C)CCCC(C)C(OPP)C(C)C(=O)C(C)(C)C(C[C-]=O)OP.[W+2].[W+2]. The molecule has 0 aromatic carbocycles. The Labute approximate surface area is 429 Å². The third kappa shape index (κ3) is 21.9. The zero-order valence-corrected chi connectivity index (χ0v) is 52.6. The van der Waals surface area contributed by atoms with Gasteiger partial charge in [0.15, 0.2) is 0 Å². The average Bonchev–Trinajstić information content (AvgIpc) is 4.11. The van der Waals surface area contributed by atoms with Crippen LogP contribution in [0.4, 0.5) is 0 Å². The summed E-state index contributed by atoms with van der Waals surface area (Å²) in [4.78, 5) is 47.9. The summed E-state index contributed by atoms with van der Waals surface area (Å²) in [5, 5.41) is 0. The molecule has 0 aliphatic carbocycles. The normalized spacial score (nSPS) is 24.6. The molecule has 0 N–H and O–H groups in total. The first-order chi connectivity index (χ1) is 29.0. The number of hydrogen-bond acceptors (Lipinski definition) is 9.